The van der Waals surface area contributed by atoms with Gasteiger partial charge in [0.05, 0.1) is 27.6 Å². The highest BCUT2D eigenvalue weighted by molar-refractivity contribution is 6.19. The summed E-state index contributed by atoms with van der Waals surface area (Å²) in [5.74, 6) is 1.62. The fourth-order valence-electron chi connectivity index (χ4n) is 9.86. The average molecular weight is 820 g/mol. The van der Waals surface area contributed by atoms with Gasteiger partial charge in [-0.25, -0.2) is 4.98 Å². The highest BCUT2D eigenvalue weighted by atomic mass is 16.3. The smallest absolute Gasteiger partial charge is 0.238 e. The zero-order valence-corrected chi connectivity index (χ0v) is 34.1. The topological polar surface area (TPSA) is 74.8 Å². The van der Waals surface area contributed by atoms with Gasteiger partial charge in [0.15, 0.2) is 11.6 Å². The summed E-state index contributed by atoms with van der Waals surface area (Å²) in [6, 6.07) is 69.7. The van der Waals surface area contributed by atoms with Gasteiger partial charge >= 0.3 is 0 Å². The van der Waals surface area contributed by atoms with E-state index in [1.54, 1.807) is 0 Å². The number of rotatable bonds is 5. The summed E-state index contributed by atoms with van der Waals surface area (Å²) in [7, 11) is 0. The van der Waals surface area contributed by atoms with Crippen LogP contribution in [0.1, 0.15) is 0 Å². The Morgan fingerprint density at radius 3 is 1.73 bits per heavy atom. The molecule has 14 aromatic rings. The van der Waals surface area contributed by atoms with E-state index in [0.29, 0.717) is 17.6 Å². The molecule has 14 rings (SSSR count). The SMILES string of the molecule is c1ccc(-c2ccc3oc4cc(-n5c6ccccc6c6cc7c8ccccc8n(-c8nc(-c9ccccc9)nc(-c9cccc%10c9oc9ccccc9%10)n8)c7cc65)ccc4c3c2)cc1. The van der Waals surface area contributed by atoms with Gasteiger partial charge < -0.3 is 13.4 Å². The number of furan rings is 2. The van der Waals surface area contributed by atoms with E-state index < -0.39 is 0 Å². The van der Waals surface area contributed by atoms with Gasteiger partial charge in [0.2, 0.25) is 5.95 Å². The van der Waals surface area contributed by atoms with E-state index in [9.17, 15) is 0 Å². The van der Waals surface area contributed by atoms with Crippen molar-refractivity contribution in [3.63, 3.8) is 0 Å². The van der Waals surface area contributed by atoms with Crippen molar-refractivity contribution in [3.05, 3.63) is 200 Å². The van der Waals surface area contributed by atoms with Crippen molar-refractivity contribution in [2.75, 3.05) is 0 Å². The van der Waals surface area contributed by atoms with Crippen LogP contribution in [0.3, 0.4) is 0 Å². The van der Waals surface area contributed by atoms with E-state index >= 15 is 0 Å². The van der Waals surface area contributed by atoms with Crippen molar-refractivity contribution in [1.29, 1.82) is 0 Å². The quantitative estimate of drug-likeness (QED) is 0.173. The molecule has 0 saturated heterocycles. The molecule has 7 heteroatoms. The summed E-state index contributed by atoms with van der Waals surface area (Å²) in [6.07, 6.45) is 0. The second kappa shape index (κ2) is 13.3. The molecule has 0 amide bonds. The van der Waals surface area contributed by atoms with Gasteiger partial charge in [-0.1, -0.05) is 133 Å². The van der Waals surface area contributed by atoms with Crippen LogP contribution in [0, 0.1) is 0 Å². The zero-order chi connectivity index (χ0) is 41.9. The van der Waals surface area contributed by atoms with Crippen LogP contribution >= 0.6 is 0 Å². The van der Waals surface area contributed by atoms with Crippen LogP contribution in [0.25, 0.3) is 133 Å². The molecule has 0 aliphatic carbocycles. The van der Waals surface area contributed by atoms with Gasteiger partial charge in [-0.15, -0.1) is 0 Å². The fraction of sp³-hybridized carbons (Fsp3) is 0. The Morgan fingerprint density at radius 1 is 0.312 bits per heavy atom. The van der Waals surface area contributed by atoms with Gasteiger partial charge in [-0.05, 0) is 71.8 Å². The summed E-state index contributed by atoms with van der Waals surface area (Å²) in [4.78, 5) is 15.8. The first-order valence-corrected chi connectivity index (χ1v) is 21.4. The molecular formula is C57H33N5O2. The van der Waals surface area contributed by atoms with Gasteiger partial charge in [0, 0.05) is 60.4 Å². The van der Waals surface area contributed by atoms with E-state index in [2.05, 4.69) is 143 Å². The number of para-hydroxylation sites is 4. The largest absolute Gasteiger partial charge is 0.456 e. The van der Waals surface area contributed by atoms with Crippen molar-refractivity contribution >= 4 is 87.5 Å². The monoisotopic (exact) mass is 819 g/mol. The average Bonchev–Trinajstić information content (AvgIpc) is 4.10. The molecule has 0 unspecified atom stereocenters. The third-order valence-electron chi connectivity index (χ3n) is 12.8. The molecule has 0 atom stereocenters. The molecule has 0 spiro atoms. The first-order valence-electron chi connectivity index (χ1n) is 21.4. The summed E-state index contributed by atoms with van der Waals surface area (Å²) < 4.78 is 17.7. The summed E-state index contributed by atoms with van der Waals surface area (Å²) in [5.41, 5.74) is 12.5. The van der Waals surface area contributed by atoms with Crippen molar-refractivity contribution < 1.29 is 8.83 Å². The molecule has 5 aromatic heterocycles. The first kappa shape index (κ1) is 34.9. The Hall–Kier alpha value is -8.81. The van der Waals surface area contributed by atoms with Crippen molar-refractivity contribution in [2.45, 2.75) is 0 Å². The fourth-order valence-corrected chi connectivity index (χ4v) is 9.86. The minimum absolute atomic E-state index is 0.517. The lowest BCUT2D eigenvalue weighted by Crippen LogP contribution is -2.06. The van der Waals surface area contributed by atoms with Crippen LogP contribution in [0.15, 0.2) is 209 Å². The van der Waals surface area contributed by atoms with Gasteiger partial charge in [0.25, 0.3) is 0 Å². The summed E-state index contributed by atoms with van der Waals surface area (Å²) >= 11 is 0. The molecular weight excluding hydrogens is 787 g/mol. The molecule has 0 radical (unpaired) electrons. The van der Waals surface area contributed by atoms with Crippen molar-refractivity contribution in [1.82, 2.24) is 24.1 Å². The number of aromatic nitrogens is 5. The molecule has 0 aliphatic rings. The van der Waals surface area contributed by atoms with E-state index in [-0.39, 0.29) is 0 Å². The van der Waals surface area contributed by atoms with Crippen LogP contribution in [-0.4, -0.2) is 24.1 Å². The second-order valence-electron chi connectivity index (χ2n) is 16.4. The maximum Gasteiger partial charge on any atom is 0.238 e. The van der Waals surface area contributed by atoms with Crippen LogP contribution < -0.4 is 0 Å². The number of nitrogens with zero attached hydrogens (tertiary/aromatic N) is 5. The number of fused-ring (bicyclic) bond motifs is 12. The minimum Gasteiger partial charge on any atom is -0.456 e. The van der Waals surface area contributed by atoms with E-state index in [1.807, 2.05) is 66.7 Å². The standard InChI is InChI=1S/C57H33N5O2/c1-3-14-34(15-4-1)36-26-29-52-46(30-36)41-28-27-37(31-53(41)63-52)61-47-23-10-7-18-38(47)44-32-45-39-19-8-11-24-48(39)62(50(45)33-49(44)61)57-59-55(35-16-5-2-6-17-35)58-56(60-57)43-22-13-21-42-40-20-9-12-25-51(40)64-54(42)43/h1-33H. The van der Waals surface area contributed by atoms with E-state index in [0.717, 1.165) is 104 Å². The highest BCUT2D eigenvalue weighted by Crippen LogP contribution is 2.42. The molecule has 0 saturated carbocycles. The predicted octanol–water partition coefficient (Wildman–Crippen LogP) is 14.9. The van der Waals surface area contributed by atoms with Gasteiger partial charge in [-0.3, -0.25) is 4.57 Å². The number of hydrogen-bond acceptors (Lipinski definition) is 5. The van der Waals surface area contributed by atoms with Crippen molar-refractivity contribution in [3.8, 4) is 45.5 Å². The Bertz CT molecular complexity index is 4200. The van der Waals surface area contributed by atoms with Crippen molar-refractivity contribution in [2.24, 2.45) is 0 Å². The Labute approximate surface area is 364 Å². The molecule has 5 heterocycles. The lowest BCUT2D eigenvalue weighted by molar-refractivity contribution is 0.668. The normalized spacial score (nSPS) is 12.1. The molecule has 9 aromatic carbocycles. The summed E-state index contributed by atoms with van der Waals surface area (Å²) in [6.45, 7) is 0. The van der Waals surface area contributed by atoms with Crippen LogP contribution in [0.2, 0.25) is 0 Å². The number of benzene rings is 9. The summed E-state index contributed by atoms with van der Waals surface area (Å²) in [5, 5.41) is 8.78. The number of hydrogen-bond donors (Lipinski definition) is 0. The third-order valence-corrected chi connectivity index (χ3v) is 12.8. The van der Waals surface area contributed by atoms with Gasteiger partial charge in [0.1, 0.15) is 22.3 Å². The maximum atomic E-state index is 6.59. The maximum absolute atomic E-state index is 6.59. The van der Waals surface area contributed by atoms with E-state index in [1.165, 1.54) is 10.9 Å². The Morgan fingerprint density at radius 2 is 0.938 bits per heavy atom. The van der Waals surface area contributed by atoms with E-state index in [4.69, 9.17) is 23.8 Å². The predicted molar refractivity (Wildman–Crippen MR) is 259 cm³/mol. The Kier molecular flexibility index (Phi) is 7.27. The zero-order valence-electron chi connectivity index (χ0n) is 34.1. The molecule has 0 N–H and O–H groups in total. The van der Waals surface area contributed by atoms with Gasteiger partial charge in [-0.2, -0.15) is 9.97 Å². The Balaban J connectivity index is 1.02. The lowest BCUT2D eigenvalue weighted by Gasteiger charge is -2.12. The second-order valence-corrected chi connectivity index (χ2v) is 16.4. The van der Waals surface area contributed by atoms with Crippen LogP contribution in [-0.2, 0) is 0 Å². The lowest BCUT2D eigenvalue weighted by atomic mass is 10.0. The first-order chi connectivity index (χ1) is 31.7. The molecule has 64 heavy (non-hydrogen) atoms. The minimum atomic E-state index is 0.517. The molecule has 0 aliphatic heterocycles. The molecule has 7 nitrogen and oxygen atoms in total. The van der Waals surface area contributed by atoms with Crippen LogP contribution in [0.4, 0.5) is 0 Å². The molecule has 0 bridgehead atoms. The highest BCUT2D eigenvalue weighted by Gasteiger charge is 2.23. The molecule has 298 valence electrons. The van der Waals surface area contributed by atoms with Crippen LogP contribution in [0.5, 0.6) is 0 Å². The third kappa shape index (κ3) is 5.12. The molecule has 0 fully saturated rings.